The molecule has 2 radical (unpaired) electrons. The van der Waals surface area contributed by atoms with Crippen LogP contribution in [0.25, 0.3) is 20.4 Å². The van der Waals surface area contributed by atoms with Crippen LogP contribution < -0.4 is 0 Å². The number of nitrogens with zero attached hydrogens (tertiary/aromatic N) is 2. The molecule has 2 aromatic heterocycles. The lowest BCUT2D eigenvalue weighted by atomic mass is 10.2. The summed E-state index contributed by atoms with van der Waals surface area (Å²) in [7, 11) is 10.0. The van der Waals surface area contributed by atoms with Crippen molar-refractivity contribution in [3.63, 3.8) is 0 Å². The number of thiazole rings is 2. The Kier molecular flexibility index (Phi) is 15.8. The Balaban J connectivity index is 1.29. The first-order chi connectivity index (χ1) is 20.4. The second kappa shape index (κ2) is 18.7. The van der Waals surface area contributed by atoms with Crippen LogP contribution in [0.2, 0.25) is 26.2 Å². The van der Waals surface area contributed by atoms with Crippen molar-refractivity contribution in [2.45, 2.75) is 63.3 Å². The van der Waals surface area contributed by atoms with E-state index in [1.54, 1.807) is 0 Å². The van der Waals surface area contributed by atoms with Crippen molar-refractivity contribution in [2.24, 2.45) is 0 Å². The van der Waals surface area contributed by atoms with E-state index in [0.717, 1.165) is 35.8 Å². The quantitative estimate of drug-likeness (QED) is 0.0526. The standard InChI is InChI=1S/C28H38N2O2S8Si2/c1-7-31-27(41(3)4)19(25-29-21-13-9-11-15-23(21)35-25)17-33-37-39-40-38-34-18-20(28(32-8-2)42(5)6)26-30-22-14-10-12-16-24(22)36-26/h9-16,19-20,27-28H,7-8,17-18H2,1-6H3. The van der Waals surface area contributed by atoms with Crippen molar-refractivity contribution >= 4 is 122 Å². The molecule has 4 atom stereocenters. The molecule has 4 rings (SSSR count). The van der Waals surface area contributed by atoms with Gasteiger partial charge >= 0.3 is 0 Å². The Morgan fingerprint density at radius 1 is 0.643 bits per heavy atom. The zero-order valence-corrected chi connectivity index (χ0v) is 33.3. The number of hydrogen-bond acceptors (Lipinski definition) is 12. The molecule has 0 N–H and O–H groups in total. The number of benzene rings is 2. The number of hydrogen-bond donors (Lipinski definition) is 0. The summed E-state index contributed by atoms with van der Waals surface area (Å²) < 4.78 is 15.2. The van der Waals surface area contributed by atoms with Crippen LogP contribution in [-0.2, 0) is 9.47 Å². The van der Waals surface area contributed by atoms with E-state index in [9.17, 15) is 0 Å². The first kappa shape index (κ1) is 35.5. The summed E-state index contributed by atoms with van der Waals surface area (Å²) in [6.07, 6.45) is 0. The summed E-state index contributed by atoms with van der Waals surface area (Å²) in [5, 5.41) is 2.43. The predicted molar refractivity (Wildman–Crippen MR) is 206 cm³/mol. The van der Waals surface area contributed by atoms with Gasteiger partial charge in [-0.25, -0.2) is 9.97 Å². The van der Waals surface area contributed by atoms with Gasteiger partial charge in [-0.05, 0) is 77.4 Å². The molecule has 228 valence electrons. The maximum absolute atomic E-state index is 6.31. The van der Waals surface area contributed by atoms with Gasteiger partial charge in [0.15, 0.2) is 0 Å². The van der Waals surface area contributed by atoms with E-state index in [-0.39, 0.29) is 11.5 Å². The van der Waals surface area contributed by atoms with Gasteiger partial charge in [0.05, 0.1) is 49.5 Å². The lowest BCUT2D eigenvalue weighted by Crippen LogP contribution is -2.35. The monoisotopic (exact) mass is 746 g/mol. The van der Waals surface area contributed by atoms with E-state index in [1.165, 1.54) is 19.4 Å². The van der Waals surface area contributed by atoms with Crippen LogP contribution in [0.1, 0.15) is 35.7 Å². The summed E-state index contributed by atoms with van der Waals surface area (Å²) >= 11 is 3.66. The number of aromatic nitrogens is 2. The molecular formula is C28H38N2O2S8Si2. The summed E-state index contributed by atoms with van der Waals surface area (Å²) in [5.74, 6) is 2.65. The third-order valence-corrected chi connectivity index (χ3v) is 23.2. The Morgan fingerprint density at radius 3 is 1.40 bits per heavy atom. The Bertz CT molecular complexity index is 1190. The van der Waals surface area contributed by atoms with Gasteiger partial charge in [-0.1, -0.05) is 72.0 Å². The molecule has 0 spiro atoms. The zero-order chi connectivity index (χ0) is 29.9. The molecule has 0 fully saturated rings. The highest BCUT2D eigenvalue weighted by Gasteiger charge is 2.31. The highest BCUT2D eigenvalue weighted by molar-refractivity contribution is 9.41. The SMILES string of the molecule is CCOC(C(CSSSSSSCC(c1nc2ccccc2s1)C(OCC)[Si](C)C)c1nc2ccccc2s1)[Si](C)C. The molecule has 42 heavy (non-hydrogen) atoms. The molecule has 4 aromatic rings. The van der Waals surface area contributed by atoms with Gasteiger partial charge < -0.3 is 9.47 Å². The summed E-state index contributed by atoms with van der Waals surface area (Å²) in [4.78, 5) is 10.1. The lowest BCUT2D eigenvalue weighted by Gasteiger charge is -2.27. The average Bonchev–Trinajstić information content (AvgIpc) is 3.60. The molecule has 4 unspecified atom stereocenters. The van der Waals surface area contributed by atoms with Crippen molar-refractivity contribution in [1.29, 1.82) is 0 Å². The van der Waals surface area contributed by atoms with E-state index in [1.807, 2.05) is 83.6 Å². The number of rotatable bonds is 19. The van der Waals surface area contributed by atoms with E-state index in [2.05, 4.69) is 88.6 Å². The molecule has 0 aliphatic rings. The van der Waals surface area contributed by atoms with Crippen molar-refractivity contribution in [3.05, 3.63) is 58.5 Å². The Labute approximate surface area is 285 Å². The number of para-hydroxylation sites is 2. The van der Waals surface area contributed by atoms with Crippen molar-refractivity contribution in [3.8, 4) is 0 Å². The molecule has 0 aliphatic heterocycles. The van der Waals surface area contributed by atoms with Crippen molar-refractivity contribution in [1.82, 2.24) is 9.97 Å². The molecule has 0 saturated carbocycles. The lowest BCUT2D eigenvalue weighted by molar-refractivity contribution is 0.0998. The first-order valence-corrected chi connectivity index (χ1v) is 28.5. The maximum atomic E-state index is 6.31. The van der Waals surface area contributed by atoms with Gasteiger partial charge in [-0.3, -0.25) is 0 Å². The number of fused-ring (bicyclic) bond motifs is 2. The molecule has 0 bridgehead atoms. The van der Waals surface area contributed by atoms with Crippen LogP contribution in [0.4, 0.5) is 0 Å². The topological polar surface area (TPSA) is 44.2 Å². The van der Waals surface area contributed by atoms with Crippen LogP contribution >= 0.6 is 83.6 Å². The Morgan fingerprint density at radius 2 is 1.05 bits per heavy atom. The molecule has 2 heterocycles. The normalized spacial score (nSPS) is 15.1. The van der Waals surface area contributed by atoms with Gasteiger partial charge in [-0.15, -0.1) is 22.7 Å². The van der Waals surface area contributed by atoms with Crippen LogP contribution in [0, 0.1) is 0 Å². The van der Waals surface area contributed by atoms with E-state index < -0.39 is 17.6 Å². The molecule has 0 amide bonds. The first-order valence-electron chi connectivity index (χ1n) is 13.9. The molecule has 0 saturated heterocycles. The third-order valence-electron chi connectivity index (χ3n) is 6.49. The smallest absolute Gasteiger partial charge is 0.100 e. The van der Waals surface area contributed by atoms with Crippen molar-refractivity contribution in [2.75, 3.05) is 24.7 Å². The minimum atomic E-state index is -0.639. The van der Waals surface area contributed by atoms with Crippen molar-refractivity contribution < 1.29 is 9.47 Å². The highest BCUT2D eigenvalue weighted by Crippen LogP contribution is 2.54. The molecule has 2 aromatic carbocycles. The highest BCUT2D eigenvalue weighted by atomic mass is 33.9. The van der Waals surface area contributed by atoms with Gasteiger partial charge in [-0.2, -0.15) is 0 Å². The van der Waals surface area contributed by atoms with E-state index in [0.29, 0.717) is 11.8 Å². The molecule has 0 aliphatic carbocycles. The third kappa shape index (κ3) is 10.1. The van der Waals surface area contributed by atoms with Crippen LogP contribution in [-0.4, -0.2) is 63.7 Å². The molecule has 4 nitrogen and oxygen atoms in total. The second-order valence-electron chi connectivity index (χ2n) is 10.0. The average molecular weight is 747 g/mol. The van der Waals surface area contributed by atoms with Crippen LogP contribution in [0.15, 0.2) is 48.5 Å². The summed E-state index contributed by atoms with van der Waals surface area (Å²) in [6.45, 7) is 15.2. The maximum Gasteiger partial charge on any atom is 0.100 e. The van der Waals surface area contributed by atoms with Gasteiger partial charge in [0.1, 0.15) is 10.0 Å². The fourth-order valence-electron chi connectivity index (χ4n) is 4.67. The molecule has 14 heteroatoms. The summed E-state index contributed by atoms with van der Waals surface area (Å²) in [6, 6.07) is 17.0. The van der Waals surface area contributed by atoms with Gasteiger partial charge in [0.2, 0.25) is 0 Å². The Hall–Kier alpha value is 0.674. The van der Waals surface area contributed by atoms with Crippen LogP contribution in [0.3, 0.4) is 0 Å². The zero-order valence-electron chi connectivity index (χ0n) is 24.7. The number of ether oxygens (including phenoxy) is 2. The molecular weight excluding hydrogens is 709 g/mol. The van der Waals surface area contributed by atoms with Gasteiger partial charge in [0.25, 0.3) is 0 Å². The van der Waals surface area contributed by atoms with E-state index >= 15 is 0 Å². The minimum absolute atomic E-state index is 0.262. The summed E-state index contributed by atoms with van der Waals surface area (Å²) in [5.41, 5.74) is 2.73. The largest absolute Gasteiger partial charge is 0.381 e. The van der Waals surface area contributed by atoms with Crippen LogP contribution in [0.5, 0.6) is 0 Å². The fourth-order valence-corrected chi connectivity index (χ4v) is 22.7. The van der Waals surface area contributed by atoms with E-state index in [4.69, 9.17) is 19.4 Å². The second-order valence-corrected chi connectivity index (χ2v) is 27.2. The fraction of sp³-hybridized carbons (Fsp3) is 0.500. The predicted octanol–water partition coefficient (Wildman–Crippen LogP) is 11.1. The van der Waals surface area contributed by atoms with Gasteiger partial charge in [0, 0.05) is 36.6 Å². The minimum Gasteiger partial charge on any atom is -0.381 e.